The van der Waals surface area contributed by atoms with Gasteiger partial charge in [0.05, 0.1) is 0 Å². The zero-order chi connectivity index (χ0) is 28.5. The van der Waals surface area contributed by atoms with E-state index >= 15 is 0 Å². The molecule has 1 aliphatic rings. The van der Waals surface area contributed by atoms with Crippen molar-refractivity contribution in [2.45, 2.75) is 37.4 Å². The first kappa shape index (κ1) is 28.7. The van der Waals surface area contributed by atoms with Gasteiger partial charge in [-0.25, -0.2) is 35.9 Å². The Morgan fingerprint density at radius 1 is 0.684 bits per heavy atom. The van der Waals surface area contributed by atoms with Gasteiger partial charge >= 0.3 is 12.1 Å². The maximum Gasteiger partial charge on any atom is 0.514 e. The van der Waals surface area contributed by atoms with Crippen molar-refractivity contribution in [3.05, 3.63) is 70.3 Å². The Bertz CT molecular complexity index is 1270. The lowest BCUT2D eigenvalue weighted by Gasteiger charge is -2.28. The molecule has 0 fully saturated rings. The number of carbonyl (C=O) groups excluding carboxylic acids is 2. The Hall–Kier alpha value is -3.82. The third-order valence-corrected chi connectivity index (χ3v) is 5.26. The van der Waals surface area contributed by atoms with Crippen LogP contribution in [0.25, 0.3) is 0 Å². The van der Waals surface area contributed by atoms with E-state index in [0.717, 1.165) is 6.08 Å². The first-order valence-electron chi connectivity index (χ1n) is 10.2. The van der Waals surface area contributed by atoms with Gasteiger partial charge in [-0.15, -0.1) is 0 Å². The zero-order valence-electron chi connectivity index (χ0n) is 18.3. The largest absolute Gasteiger partial charge is 0.514 e. The molecule has 6 nitrogen and oxygen atoms in total. The van der Waals surface area contributed by atoms with Crippen LogP contribution in [-0.4, -0.2) is 28.9 Å². The lowest BCUT2D eigenvalue weighted by Crippen LogP contribution is -2.43. The summed E-state index contributed by atoms with van der Waals surface area (Å²) in [4.78, 5) is 24.3. The Morgan fingerprint density at radius 3 is 1.58 bits per heavy atom. The van der Waals surface area contributed by atoms with Crippen molar-refractivity contribution in [3.8, 4) is 11.5 Å². The summed E-state index contributed by atoms with van der Waals surface area (Å²) in [6.45, 7) is 0. The molecule has 1 aliphatic carbocycles. The second kappa shape index (κ2) is 10.9. The van der Waals surface area contributed by atoms with E-state index in [1.807, 2.05) is 0 Å². The Morgan fingerprint density at radius 2 is 1.11 bits per heavy atom. The Kier molecular flexibility index (Phi) is 8.24. The first-order chi connectivity index (χ1) is 17.7. The van der Waals surface area contributed by atoms with Crippen molar-refractivity contribution >= 4 is 12.1 Å². The smallest absolute Gasteiger partial charge is 0.426 e. The molecular weight excluding hydrogens is 550 g/mol. The van der Waals surface area contributed by atoms with Gasteiger partial charge in [0.25, 0.3) is 0 Å². The number of hydrogen-bond donors (Lipinski definition) is 1. The van der Waals surface area contributed by atoms with Gasteiger partial charge in [-0.05, 0) is 31.8 Å². The van der Waals surface area contributed by atoms with Gasteiger partial charge in [0.2, 0.25) is 69.7 Å². The summed E-state index contributed by atoms with van der Waals surface area (Å²) in [5.41, 5.74) is -2.63. The quantitative estimate of drug-likeness (QED) is 0.102. The van der Waals surface area contributed by atoms with Crippen molar-refractivity contribution in [2.75, 3.05) is 0 Å². The van der Waals surface area contributed by atoms with E-state index in [0.29, 0.717) is 0 Å². The van der Waals surface area contributed by atoms with Gasteiger partial charge < -0.3 is 19.3 Å². The third-order valence-electron chi connectivity index (χ3n) is 5.26. The fourth-order valence-corrected chi connectivity index (χ4v) is 3.24. The zero-order valence-corrected chi connectivity index (χ0v) is 18.3. The number of esters is 1. The first-order valence-corrected chi connectivity index (χ1v) is 10.2. The fraction of sp³-hybridized carbons (Fsp3) is 0.273. The van der Waals surface area contributed by atoms with E-state index in [4.69, 9.17) is 0 Å². The van der Waals surface area contributed by atoms with Crippen LogP contribution >= 0.6 is 0 Å². The molecule has 0 bridgehead atoms. The lowest BCUT2D eigenvalue weighted by atomic mass is 9.88. The molecule has 3 rings (SSSR count). The second-order valence-corrected chi connectivity index (χ2v) is 7.73. The minimum absolute atomic E-state index is 0.213. The van der Waals surface area contributed by atoms with Crippen molar-refractivity contribution in [2.24, 2.45) is 0 Å². The molecule has 206 valence electrons. The van der Waals surface area contributed by atoms with Crippen LogP contribution < -0.4 is 9.47 Å². The molecule has 2 atom stereocenters. The molecule has 0 aliphatic heterocycles. The maximum atomic E-state index is 13.8. The topological polar surface area (TPSA) is 82.1 Å². The molecule has 2 aromatic carbocycles. The van der Waals surface area contributed by atoms with Crippen LogP contribution in [0.5, 0.6) is 11.5 Å². The SMILES string of the molecule is O=C(Oc1c(F)c(F)c(F)c(F)c1F)O[C@H]1/C=C/CC[C@@](O)(C(=O)Oc2c(F)c(F)c(F)c(F)c2F)CC1. The number of allylic oxidation sites excluding steroid dienone is 1. The molecule has 0 heterocycles. The highest BCUT2D eigenvalue weighted by molar-refractivity contribution is 5.81. The molecule has 1 N–H and O–H groups in total. The summed E-state index contributed by atoms with van der Waals surface area (Å²) in [6, 6.07) is 0. The van der Waals surface area contributed by atoms with Gasteiger partial charge in [-0.3, -0.25) is 0 Å². The molecule has 0 amide bonds. The highest BCUT2D eigenvalue weighted by Crippen LogP contribution is 2.33. The molecule has 0 aromatic heterocycles. The van der Waals surface area contributed by atoms with Gasteiger partial charge in [0.1, 0.15) is 6.10 Å². The Labute approximate surface area is 205 Å². The van der Waals surface area contributed by atoms with E-state index in [-0.39, 0.29) is 6.42 Å². The van der Waals surface area contributed by atoms with Crippen LogP contribution in [-0.2, 0) is 9.53 Å². The highest BCUT2D eigenvalue weighted by atomic mass is 19.2. The summed E-state index contributed by atoms with van der Waals surface area (Å²) in [7, 11) is 0. The monoisotopic (exact) mass is 562 g/mol. The number of hydrogen-bond acceptors (Lipinski definition) is 6. The predicted octanol–water partition coefficient (Wildman–Crippen LogP) is 5.43. The van der Waals surface area contributed by atoms with Crippen LogP contribution in [0.1, 0.15) is 25.7 Å². The van der Waals surface area contributed by atoms with E-state index in [1.54, 1.807) is 0 Å². The number of ether oxygens (including phenoxy) is 3. The molecule has 2 aromatic rings. The van der Waals surface area contributed by atoms with E-state index in [1.165, 1.54) is 6.08 Å². The van der Waals surface area contributed by atoms with Crippen LogP contribution in [0, 0.1) is 58.2 Å². The van der Waals surface area contributed by atoms with E-state index in [2.05, 4.69) is 14.2 Å². The number of rotatable bonds is 4. The van der Waals surface area contributed by atoms with Crippen molar-refractivity contribution in [1.29, 1.82) is 0 Å². The molecule has 0 radical (unpaired) electrons. The summed E-state index contributed by atoms with van der Waals surface area (Å²) >= 11 is 0. The molecule has 16 heteroatoms. The average Bonchev–Trinajstić information content (AvgIpc) is 2.88. The number of carbonyl (C=O) groups is 2. The van der Waals surface area contributed by atoms with Crippen molar-refractivity contribution in [3.63, 3.8) is 0 Å². The number of aliphatic hydroxyl groups is 1. The van der Waals surface area contributed by atoms with Crippen LogP contribution in [0.15, 0.2) is 12.2 Å². The Balaban J connectivity index is 1.73. The van der Waals surface area contributed by atoms with Crippen molar-refractivity contribution < 1.29 is 72.8 Å². The molecule has 0 saturated heterocycles. The van der Waals surface area contributed by atoms with Gasteiger partial charge in [-0.2, -0.15) is 17.6 Å². The maximum absolute atomic E-state index is 13.8. The summed E-state index contributed by atoms with van der Waals surface area (Å²) in [5, 5.41) is 10.6. The number of halogens is 10. The van der Waals surface area contributed by atoms with Gasteiger partial charge in [0, 0.05) is 0 Å². The normalized spacial score (nSPS) is 20.3. The highest BCUT2D eigenvalue weighted by Gasteiger charge is 2.41. The molecule has 0 saturated carbocycles. The summed E-state index contributed by atoms with van der Waals surface area (Å²) in [5.74, 6) is -30.4. The summed E-state index contributed by atoms with van der Waals surface area (Å²) < 4.78 is 148. The second-order valence-electron chi connectivity index (χ2n) is 7.73. The van der Waals surface area contributed by atoms with Crippen LogP contribution in [0.3, 0.4) is 0 Å². The minimum atomic E-state index is -2.63. The average molecular weight is 562 g/mol. The van der Waals surface area contributed by atoms with Crippen LogP contribution in [0.4, 0.5) is 48.7 Å². The van der Waals surface area contributed by atoms with Crippen LogP contribution in [0.2, 0.25) is 0 Å². The summed E-state index contributed by atoms with van der Waals surface area (Å²) in [6.07, 6.45) is -3.08. The van der Waals surface area contributed by atoms with E-state index in [9.17, 15) is 58.6 Å². The minimum Gasteiger partial charge on any atom is -0.426 e. The standard InChI is InChI=1S/C22H12F10O6/c23-8-10(25)14(29)18(15(30)11(8)26)37-20(33)22(35)5-2-1-3-7(4-6-22)36-21(34)38-19-16(31)12(27)9(24)13(28)17(19)32/h1,3,7,35H,2,4-6H2/b3-1+/t7-,22-/m0/s1. The molecule has 38 heavy (non-hydrogen) atoms. The van der Waals surface area contributed by atoms with E-state index < -0.39 is 113 Å². The predicted molar refractivity (Wildman–Crippen MR) is 102 cm³/mol. The van der Waals surface area contributed by atoms with Crippen molar-refractivity contribution in [1.82, 2.24) is 0 Å². The van der Waals surface area contributed by atoms with Gasteiger partial charge in [0.15, 0.2) is 5.60 Å². The molecular formula is C22H12F10O6. The fourth-order valence-electron chi connectivity index (χ4n) is 3.24. The third kappa shape index (κ3) is 5.39. The molecule has 0 unspecified atom stereocenters. The number of benzene rings is 2. The van der Waals surface area contributed by atoms with Gasteiger partial charge in [-0.1, -0.05) is 6.08 Å². The molecule has 0 spiro atoms. The lowest BCUT2D eigenvalue weighted by molar-refractivity contribution is -0.158.